The summed E-state index contributed by atoms with van der Waals surface area (Å²) >= 11 is 3.27. The molecule has 5 heteroatoms. The molecule has 1 aliphatic rings. The van der Waals surface area contributed by atoms with Gasteiger partial charge in [-0.2, -0.15) is 0 Å². The van der Waals surface area contributed by atoms with E-state index in [2.05, 4.69) is 20.9 Å². The molecule has 0 atom stereocenters. The Balaban J connectivity index is 2.46. The van der Waals surface area contributed by atoms with Crippen molar-refractivity contribution in [1.82, 2.24) is 4.98 Å². The molecular weight excluding hydrogens is 266 g/mol. The van der Waals surface area contributed by atoms with Crippen LogP contribution < -0.4 is 0 Å². The summed E-state index contributed by atoms with van der Waals surface area (Å²) in [6, 6.07) is 3.60. The average molecular weight is 276 g/mol. The van der Waals surface area contributed by atoms with Crippen molar-refractivity contribution in [2.45, 2.75) is 17.6 Å². The van der Waals surface area contributed by atoms with Crippen molar-refractivity contribution in [2.75, 3.05) is 6.26 Å². The van der Waals surface area contributed by atoms with Gasteiger partial charge in [0.15, 0.2) is 9.84 Å². The van der Waals surface area contributed by atoms with Gasteiger partial charge < -0.3 is 0 Å². The fraction of sp³-hybridized carbons (Fsp3) is 0.444. The SMILES string of the molecule is CS(=O)(=O)C1(c2ccc(Br)cn2)CC1. The molecule has 3 nitrogen and oxygen atoms in total. The quantitative estimate of drug-likeness (QED) is 0.828. The Morgan fingerprint density at radius 3 is 2.43 bits per heavy atom. The van der Waals surface area contributed by atoms with Gasteiger partial charge in [-0.1, -0.05) is 0 Å². The summed E-state index contributed by atoms with van der Waals surface area (Å²) in [5.74, 6) is 0. The predicted molar refractivity (Wildman–Crippen MR) is 57.7 cm³/mol. The first-order chi connectivity index (χ1) is 6.46. The van der Waals surface area contributed by atoms with Gasteiger partial charge in [0.2, 0.25) is 0 Å². The van der Waals surface area contributed by atoms with Crippen LogP contribution in [-0.2, 0) is 14.6 Å². The zero-order valence-corrected chi connectivity index (χ0v) is 10.1. The van der Waals surface area contributed by atoms with Gasteiger partial charge in [-0.3, -0.25) is 4.98 Å². The van der Waals surface area contributed by atoms with Gasteiger partial charge in [0, 0.05) is 16.9 Å². The molecule has 1 saturated carbocycles. The molecule has 0 spiro atoms. The van der Waals surface area contributed by atoms with Gasteiger partial charge in [-0.25, -0.2) is 8.42 Å². The molecule has 14 heavy (non-hydrogen) atoms. The molecule has 0 amide bonds. The Bertz CT molecular complexity index is 448. The lowest BCUT2D eigenvalue weighted by Crippen LogP contribution is -2.20. The lowest BCUT2D eigenvalue weighted by atomic mass is 10.2. The van der Waals surface area contributed by atoms with Crippen molar-refractivity contribution < 1.29 is 8.42 Å². The first-order valence-electron chi connectivity index (χ1n) is 4.27. The van der Waals surface area contributed by atoms with Gasteiger partial charge in [-0.15, -0.1) is 0 Å². The van der Waals surface area contributed by atoms with Crippen LogP contribution in [0.15, 0.2) is 22.8 Å². The predicted octanol–water partition coefficient (Wildman–Crippen LogP) is 1.88. The number of nitrogens with zero attached hydrogens (tertiary/aromatic N) is 1. The zero-order chi connectivity index (χ0) is 10.4. The molecule has 76 valence electrons. The van der Waals surface area contributed by atoms with Crippen molar-refractivity contribution in [2.24, 2.45) is 0 Å². The molecule has 0 bridgehead atoms. The minimum atomic E-state index is -3.03. The highest BCUT2D eigenvalue weighted by Gasteiger charge is 2.54. The third-order valence-corrected chi connectivity index (χ3v) is 5.11. The summed E-state index contributed by atoms with van der Waals surface area (Å²) in [7, 11) is -3.03. The van der Waals surface area contributed by atoms with Crippen LogP contribution in [0.5, 0.6) is 0 Å². The fourth-order valence-corrected chi connectivity index (χ4v) is 3.15. The third-order valence-electron chi connectivity index (χ3n) is 2.61. The maximum absolute atomic E-state index is 11.5. The van der Waals surface area contributed by atoms with Crippen LogP contribution in [0.3, 0.4) is 0 Å². The first-order valence-corrected chi connectivity index (χ1v) is 6.96. The number of hydrogen-bond donors (Lipinski definition) is 0. The van der Waals surface area contributed by atoms with E-state index in [9.17, 15) is 8.42 Å². The van der Waals surface area contributed by atoms with Crippen molar-refractivity contribution in [1.29, 1.82) is 0 Å². The number of pyridine rings is 1. The van der Waals surface area contributed by atoms with Crippen molar-refractivity contribution in [3.05, 3.63) is 28.5 Å². The Kier molecular flexibility index (Phi) is 2.19. The Morgan fingerprint density at radius 1 is 1.43 bits per heavy atom. The first kappa shape index (κ1) is 10.1. The van der Waals surface area contributed by atoms with Crippen LogP contribution in [0.4, 0.5) is 0 Å². The number of sulfone groups is 1. The van der Waals surface area contributed by atoms with Crippen LogP contribution >= 0.6 is 15.9 Å². The highest BCUT2D eigenvalue weighted by atomic mass is 79.9. The summed E-state index contributed by atoms with van der Waals surface area (Å²) in [4.78, 5) is 4.15. The van der Waals surface area contributed by atoms with Crippen LogP contribution in [0.1, 0.15) is 18.5 Å². The smallest absolute Gasteiger partial charge is 0.158 e. The largest absolute Gasteiger partial charge is 0.258 e. The van der Waals surface area contributed by atoms with E-state index in [1.54, 1.807) is 12.3 Å². The van der Waals surface area contributed by atoms with Gasteiger partial charge in [0.1, 0.15) is 4.75 Å². The summed E-state index contributed by atoms with van der Waals surface area (Å²) < 4.78 is 23.3. The maximum atomic E-state index is 11.5. The summed E-state index contributed by atoms with van der Waals surface area (Å²) in [5, 5.41) is 0. The molecular formula is C9H10BrNO2S. The molecule has 1 aromatic rings. The lowest BCUT2D eigenvalue weighted by molar-refractivity contribution is 0.584. The number of hydrogen-bond acceptors (Lipinski definition) is 3. The monoisotopic (exact) mass is 275 g/mol. The summed E-state index contributed by atoms with van der Waals surface area (Å²) in [6.45, 7) is 0. The Morgan fingerprint density at radius 2 is 2.07 bits per heavy atom. The van der Waals surface area contributed by atoms with E-state index in [0.717, 1.165) is 4.47 Å². The topological polar surface area (TPSA) is 47.0 Å². The molecule has 0 aromatic carbocycles. The second-order valence-electron chi connectivity index (χ2n) is 3.63. The Hall–Kier alpha value is -0.420. The van der Waals surface area contributed by atoms with E-state index < -0.39 is 14.6 Å². The maximum Gasteiger partial charge on any atom is 0.158 e. The third kappa shape index (κ3) is 1.48. The molecule has 1 fully saturated rings. The lowest BCUT2D eigenvalue weighted by Gasteiger charge is -2.11. The van der Waals surface area contributed by atoms with Gasteiger partial charge in [0.05, 0.1) is 5.69 Å². The van der Waals surface area contributed by atoms with E-state index in [4.69, 9.17) is 0 Å². The van der Waals surface area contributed by atoms with Gasteiger partial charge in [0.25, 0.3) is 0 Å². The molecule has 0 radical (unpaired) electrons. The molecule has 0 aliphatic heterocycles. The highest BCUT2D eigenvalue weighted by Crippen LogP contribution is 2.51. The normalized spacial score (nSPS) is 19.3. The number of rotatable bonds is 2. The second kappa shape index (κ2) is 3.03. The van der Waals surface area contributed by atoms with E-state index in [1.807, 2.05) is 6.07 Å². The Labute approximate surface area is 91.6 Å². The number of halogens is 1. The molecule has 0 saturated heterocycles. The van der Waals surface area contributed by atoms with Crippen LogP contribution in [-0.4, -0.2) is 19.7 Å². The number of aromatic nitrogens is 1. The van der Waals surface area contributed by atoms with E-state index in [0.29, 0.717) is 18.5 Å². The van der Waals surface area contributed by atoms with Gasteiger partial charge >= 0.3 is 0 Å². The van der Waals surface area contributed by atoms with E-state index in [-0.39, 0.29) is 0 Å². The van der Waals surface area contributed by atoms with Gasteiger partial charge in [-0.05, 0) is 40.9 Å². The minimum absolute atomic E-state index is 0.670. The van der Waals surface area contributed by atoms with E-state index in [1.165, 1.54) is 6.26 Å². The molecule has 1 aromatic heterocycles. The van der Waals surface area contributed by atoms with Crippen molar-refractivity contribution >= 4 is 25.8 Å². The fourth-order valence-electron chi connectivity index (χ4n) is 1.58. The minimum Gasteiger partial charge on any atom is -0.258 e. The van der Waals surface area contributed by atoms with Crippen LogP contribution in [0, 0.1) is 0 Å². The molecule has 1 aliphatic carbocycles. The molecule has 0 unspecified atom stereocenters. The summed E-state index contributed by atoms with van der Waals surface area (Å²) in [5.41, 5.74) is 0.670. The highest BCUT2D eigenvalue weighted by molar-refractivity contribution is 9.10. The van der Waals surface area contributed by atoms with Crippen LogP contribution in [0.2, 0.25) is 0 Å². The second-order valence-corrected chi connectivity index (χ2v) is 6.87. The molecule has 2 rings (SSSR count). The summed E-state index contributed by atoms with van der Waals surface area (Å²) in [6.07, 6.45) is 4.31. The standard InChI is InChI=1S/C9H10BrNO2S/c1-14(12,13)9(4-5-9)8-3-2-7(10)6-11-8/h2-3,6H,4-5H2,1H3. The van der Waals surface area contributed by atoms with Crippen molar-refractivity contribution in [3.63, 3.8) is 0 Å². The molecule has 1 heterocycles. The van der Waals surface area contributed by atoms with Crippen molar-refractivity contribution in [3.8, 4) is 0 Å². The van der Waals surface area contributed by atoms with E-state index >= 15 is 0 Å². The molecule has 0 N–H and O–H groups in total. The average Bonchev–Trinajstić information content (AvgIpc) is 2.84. The van der Waals surface area contributed by atoms with Crippen LogP contribution in [0.25, 0.3) is 0 Å². The zero-order valence-electron chi connectivity index (χ0n) is 7.70.